The molecule has 0 saturated carbocycles. The molecule has 1 aromatic heterocycles. The van der Waals surface area contributed by atoms with Gasteiger partial charge < -0.3 is 10.6 Å². The molecule has 4 rings (SSSR count). The Morgan fingerprint density at radius 2 is 1.70 bits per heavy atom. The van der Waals surface area contributed by atoms with Gasteiger partial charge in [-0.2, -0.15) is 15.5 Å². The second kappa shape index (κ2) is 6.99. The highest BCUT2D eigenvalue weighted by molar-refractivity contribution is 5.84. The maximum absolute atomic E-state index is 9.22. The SMILES string of the molecule is N#CC1=CCc2ccc(Nc3ccnc(Nc4ccc(C#N)cc4)n3)cc21. The quantitative estimate of drug-likeness (QED) is 0.728. The van der Waals surface area contributed by atoms with Crippen LogP contribution in [0, 0.1) is 22.7 Å². The van der Waals surface area contributed by atoms with Crippen molar-refractivity contribution in [2.45, 2.75) is 6.42 Å². The van der Waals surface area contributed by atoms with Crippen LogP contribution in [-0.2, 0) is 6.42 Å². The summed E-state index contributed by atoms with van der Waals surface area (Å²) in [6, 6.07) is 19.1. The Bertz CT molecular complexity index is 1120. The van der Waals surface area contributed by atoms with Crippen LogP contribution < -0.4 is 10.6 Å². The molecule has 0 bridgehead atoms. The van der Waals surface area contributed by atoms with Crippen molar-refractivity contribution in [3.05, 3.63) is 77.5 Å². The summed E-state index contributed by atoms with van der Waals surface area (Å²) in [4.78, 5) is 8.68. The number of rotatable bonds is 4. The van der Waals surface area contributed by atoms with Crippen LogP contribution >= 0.6 is 0 Å². The van der Waals surface area contributed by atoms with Crippen molar-refractivity contribution in [1.82, 2.24) is 9.97 Å². The fourth-order valence-corrected chi connectivity index (χ4v) is 2.90. The maximum atomic E-state index is 9.22. The molecule has 27 heavy (non-hydrogen) atoms. The van der Waals surface area contributed by atoms with E-state index in [1.54, 1.807) is 36.5 Å². The fourth-order valence-electron chi connectivity index (χ4n) is 2.90. The summed E-state index contributed by atoms with van der Waals surface area (Å²) in [6.07, 6.45) is 4.40. The highest BCUT2D eigenvalue weighted by Crippen LogP contribution is 2.30. The van der Waals surface area contributed by atoms with Gasteiger partial charge in [0.05, 0.1) is 23.3 Å². The Hall–Kier alpha value is -4.16. The largest absolute Gasteiger partial charge is 0.340 e. The second-order valence-electron chi connectivity index (χ2n) is 6.01. The lowest BCUT2D eigenvalue weighted by atomic mass is 10.1. The number of nitrogens with zero attached hydrogens (tertiary/aromatic N) is 4. The minimum Gasteiger partial charge on any atom is -0.340 e. The Kier molecular flexibility index (Phi) is 4.22. The molecular weight excluding hydrogens is 336 g/mol. The summed E-state index contributed by atoms with van der Waals surface area (Å²) in [5.41, 5.74) is 5.08. The number of hydrogen-bond donors (Lipinski definition) is 2. The molecule has 128 valence electrons. The third-order valence-corrected chi connectivity index (χ3v) is 4.24. The topological polar surface area (TPSA) is 97.4 Å². The lowest BCUT2D eigenvalue weighted by Gasteiger charge is -2.10. The number of fused-ring (bicyclic) bond motifs is 1. The van der Waals surface area contributed by atoms with Crippen LogP contribution in [0.2, 0.25) is 0 Å². The van der Waals surface area contributed by atoms with Crippen molar-refractivity contribution in [1.29, 1.82) is 10.5 Å². The molecule has 0 atom stereocenters. The van der Waals surface area contributed by atoms with Crippen LogP contribution in [0.15, 0.2) is 60.8 Å². The number of aromatic nitrogens is 2. The van der Waals surface area contributed by atoms with E-state index in [1.165, 1.54) is 0 Å². The average molecular weight is 350 g/mol. The molecule has 0 fully saturated rings. The van der Waals surface area contributed by atoms with Gasteiger partial charge in [0.2, 0.25) is 5.95 Å². The van der Waals surface area contributed by atoms with Gasteiger partial charge >= 0.3 is 0 Å². The number of anilines is 4. The Morgan fingerprint density at radius 3 is 2.48 bits per heavy atom. The van der Waals surface area contributed by atoms with Crippen LogP contribution in [0.25, 0.3) is 5.57 Å². The molecule has 0 radical (unpaired) electrons. The van der Waals surface area contributed by atoms with Crippen molar-refractivity contribution in [3.8, 4) is 12.1 Å². The van der Waals surface area contributed by atoms with Crippen LogP contribution in [0.4, 0.5) is 23.1 Å². The van der Waals surface area contributed by atoms with Crippen LogP contribution in [0.3, 0.4) is 0 Å². The molecule has 0 amide bonds. The molecule has 2 aromatic carbocycles. The Labute approximate surface area is 156 Å². The number of nitrogens with one attached hydrogen (secondary N) is 2. The van der Waals surface area contributed by atoms with Crippen molar-refractivity contribution >= 4 is 28.7 Å². The zero-order valence-electron chi connectivity index (χ0n) is 14.3. The summed E-state index contributed by atoms with van der Waals surface area (Å²) in [5.74, 6) is 1.09. The van der Waals surface area contributed by atoms with Gasteiger partial charge in [-0.15, -0.1) is 0 Å². The molecule has 0 spiro atoms. The molecule has 2 N–H and O–H groups in total. The first kappa shape index (κ1) is 16.3. The van der Waals surface area contributed by atoms with Crippen molar-refractivity contribution < 1.29 is 0 Å². The number of nitriles is 2. The molecule has 3 aromatic rings. The van der Waals surface area contributed by atoms with Gasteiger partial charge in [0.25, 0.3) is 0 Å². The molecule has 1 aliphatic rings. The van der Waals surface area contributed by atoms with E-state index in [4.69, 9.17) is 5.26 Å². The zero-order chi connectivity index (χ0) is 18.6. The van der Waals surface area contributed by atoms with Crippen molar-refractivity contribution in [2.75, 3.05) is 10.6 Å². The smallest absolute Gasteiger partial charge is 0.229 e. The number of allylic oxidation sites excluding steroid dienone is 2. The van der Waals surface area contributed by atoms with Crippen molar-refractivity contribution in [2.24, 2.45) is 0 Å². The summed E-state index contributed by atoms with van der Waals surface area (Å²) in [7, 11) is 0. The second-order valence-corrected chi connectivity index (χ2v) is 6.01. The first-order valence-corrected chi connectivity index (χ1v) is 8.36. The van der Waals surface area contributed by atoms with E-state index in [9.17, 15) is 5.26 Å². The predicted octanol–water partition coefficient (Wildman–Crippen LogP) is 4.30. The van der Waals surface area contributed by atoms with Crippen LogP contribution in [0.1, 0.15) is 16.7 Å². The highest BCUT2D eigenvalue weighted by Gasteiger charge is 2.14. The van der Waals surface area contributed by atoms with E-state index in [0.717, 1.165) is 28.9 Å². The fraction of sp³-hybridized carbons (Fsp3) is 0.0476. The molecule has 1 aliphatic carbocycles. The van der Waals surface area contributed by atoms with E-state index >= 15 is 0 Å². The lowest BCUT2D eigenvalue weighted by Crippen LogP contribution is -2.00. The van der Waals surface area contributed by atoms with E-state index in [2.05, 4.69) is 32.7 Å². The van der Waals surface area contributed by atoms with Gasteiger partial charge in [-0.25, -0.2) is 4.98 Å². The minimum atomic E-state index is 0.448. The summed E-state index contributed by atoms with van der Waals surface area (Å²) in [5, 5.41) is 24.4. The first-order valence-electron chi connectivity index (χ1n) is 8.36. The molecule has 6 nitrogen and oxygen atoms in total. The van der Waals surface area contributed by atoms with Gasteiger partial charge in [0, 0.05) is 17.6 Å². The van der Waals surface area contributed by atoms with Crippen LogP contribution in [-0.4, -0.2) is 9.97 Å². The van der Waals surface area contributed by atoms with Crippen molar-refractivity contribution in [3.63, 3.8) is 0 Å². The lowest BCUT2D eigenvalue weighted by molar-refractivity contribution is 1.16. The summed E-state index contributed by atoms with van der Waals surface area (Å²) < 4.78 is 0. The standard InChI is InChI=1S/C21H14N6/c22-12-14-1-6-17(7-2-14)26-21-24-10-9-20(27-21)25-18-8-5-15-3-4-16(13-23)19(15)11-18/h1-2,4-11H,3H2,(H2,24,25,26,27). The number of hydrogen-bond acceptors (Lipinski definition) is 6. The Balaban J connectivity index is 1.52. The monoisotopic (exact) mass is 350 g/mol. The molecule has 0 saturated heterocycles. The maximum Gasteiger partial charge on any atom is 0.229 e. The number of benzene rings is 2. The van der Waals surface area contributed by atoms with Gasteiger partial charge in [0.1, 0.15) is 5.82 Å². The molecule has 6 heteroatoms. The van der Waals surface area contributed by atoms with Gasteiger partial charge in [-0.3, -0.25) is 0 Å². The van der Waals surface area contributed by atoms with E-state index in [0.29, 0.717) is 22.9 Å². The molecule has 0 unspecified atom stereocenters. The average Bonchev–Trinajstić information content (AvgIpc) is 3.11. The van der Waals surface area contributed by atoms with E-state index < -0.39 is 0 Å². The van der Waals surface area contributed by atoms with Crippen LogP contribution in [0.5, 0.6) is 0 Å². The van der Waals surface area contributed by atoms with E-state index in [-0.39, 0.29) is 0 Å². The molecule has 1 heterocycles. The van der Waals surface area contributed by atoms with Gasteiger partial charge in [-0.05, 0) is 60.0 Å². The summed E-state index contributed by atoms with van der Waals surface area (Å²) >= 11 is 0. The first-order chi connectivity index (χ1) is 13.2. The van der Waals surface area contributed by atoms with E-state index in [1.807, 2.05) is 24.3 Å². The highest BCUT2D eigenvalue weighted by atomic mass is 15.1. The zero-order valence-corrected chi connectivity index (χ0v) is 14.3. The Morgan fingerprint density at radius 1 is 0.889 bits per heavy atom. The minimum absolute atomic E-state index is 0.448. The molecular formula is C21H14N6. The predicted molar refractivity (Wildman–Crippen MR) is 103 cm³/mol. The third kappa shape index (κ3) is 3.46. The molecule has 0 aliphatic heterocycles. The third-order valence-electron chi connectivity index (χ3n) is 4.24. The normalized spacial score (nSPS) is 11.7. The van der Waals surface area contributed by atoms with Gasteiger partial charge in [0.15, 0.2) is 0 Å². The van der Waals surface area contributed by atoms with Gasteiger partial charge in [-0.1, -0.05) is 12.1 Å². The summed E-state index contributed by atoms with van der Waals surface area (Å²) in [6.45, 7) is 0.